The van der Waals surface area contributed by atoms with Crippen molar-refractivity contribution in [2.24, 2.45) is 7.05 Å². The predicted octanol–water partition coefficient (Wildman–Crippen LogP) is 1.45. The molecule has 1 aliphatic carbocycles. The topological polar surface area (TPSA) is 42.7 Å². The van der Waals surface area contributed by atoms with E-state index >= 15 is 0 Å². The van der Waals surface area contributed by atoms with Gasteiger partial charge in [-0.2, -0.15) is 0 Å². The summed E-state index contributed by atoms with van der Waals surface area (Å²) in [6.07, 6.45) is 6.99. The maximum atomic E-state index is 4.01. The fraction of sp³-hybridized carbons (Fsp3) is 0.818. The second kappa shape index (κ2) is 4.75. The van der Waals surface area contributed by atoms with Crippen LogP contribution in [-0.4, -0.2) is 27.6 Å². The first-order valence-electron chi connectivity index (χ1n) is 5.91. The van der Waals surface area contributed by atoms with Gasteiger partial charge in [-0.3, -0.25) is 4.68 Å². The highest BCUT2D eigenvalue weighted by atomic mass is 15.4. The van der Waals surface area contributed by atoms with Crippen molar-refractivity contribution in [2.75, 3.05) is 6.54 Å². The van der Waals surface area contributed by atoms with E-state index in [-0.39, 0.29) is 0 Å². The summed E-state index contributed by atoms with van der Waals surface area (Å²) in [6.45, 7) is 3.33. The second-order valence-electron chi connectivity index (χ2n) is 4.38. The van der Waals surface area contributed by atoms with Gasteiger partial charge in [0.15, 0.2) is 0 Å². The lowest BCUT2D eigenvalue weighted by Gasteiger charge is -2.20. The molecule has 0 aromatic carbocycles. The van der Waals surface area contributed by atoms with Crippen molar-refractivity contribution in [3.63, 3.8) is 0 Å². The Morgan fingerprint density at radius 2 is 2.40 bits per heavy atom. The van der Waals surface area contributed by atoms with Crippen LogP contribution in [0.3, 0.4) is 0 Å². The standard InChI is InChI=1S/C11H20N4/c1-3-7-12-10-6-4-5-9(10)11-8-13-14-15(11)2/h8-10,12H,3-7H2,1-2H3. The number of aromatic nitrogens is 3. The highest BCUT2D eigenvalue weighted by Gasteiger charge is 2.30. The fourth-order valence-corrected chi connectivity index (χ4v) is 2.52. The third kappa shape index (κ3) is 2.20. The molecule has 0 saturated heterocycles. The zero-order chi connectivity index (χ0) is 10.7. The summed E-state index contributed by atoms with van der Waals surface area (Å²) in [7, 11) is 1.98. The van der Waals surface area contributed by atoms with Gasteiger partial charge in [-0.25, -0.2) is 0 Å². The molecular weight excluding hydrogens is 188 g/mol. The maximum Gasteiger partial charge on any atom is 0.0728 e. The molecule has 4 nitrogen and oxygen atoms in total. The molecule has 1 heterocycles. The van der Waals surface area contributed by atoms with Crippen LogP contribution < -0.4 is 5.32 Å². The van der Waals surface area contributed by atoms with Crippen LogP contribution in [0, 0.1) is 0 Å². The number of aryl methyl sites for hydroxylation is 1. The monoisotopic (exact) mass is 208 g/mol. The molecular formula is C11H20N4. The Kier molecular flexibility index (Phi) is 3.36. The lowest BCUT2D eigenvalue weighted by molar-refractivity contribution is 0.459. The number of hydrogen-bond acceptors (Lipinski definition) is 3. The number of hydrogen-bond donors (Lipinski definition) is 1. The SMILES string of the molecule is CCCNC1CCCC1c1cnnn1C. The molecule has 2 atom stereocenters. The summed E-state index contributed by atoms with van der Waals surface area (Å²) >= 11 is 0. The molecule has 0 spiro atoms. The highest BCUT2D eigenvalue weighted by Crippen LogP contribution is 2.33. The molecule has 1 aromatic rings. The van der Waals surface area contributed by atoms with Crippen molar-refractivity contribution in [1.29, 1.82) is 0 Å². The fourth-order valence-electron chi connectivity index (χ4n) is 2.52. The molecule has 15 heavy (non-hydrogen) atoms. The van der Waals surface area contributed by atoms with E-state index in [1.54, 1.807) is 0 Å². The van der Waals surface area contributed by atoms with Crippen LogP contribution in [0.1, 0.15) is 44.2 Å². The normalized spacial score (nSPS) is 26.0. The molecule has 1 fully saturated rings. The van der Waals surface area contributed by atoms with E-state index in [9.17, 15) is 0 Å². The first-order chi connectivity index (χ1) is 7.33. The number of rotatable bonds is 4. The lowest BCUT2D eigenvalue weighted by Crippen LogP contribution is -2.32. The molecule has 0 aliphatic heterocycles. The van der Waals surface area contributed by atoms with Crippen molar-refractivity contribution in [3.8, 4) is 0 Å². The largest absolute Gasteiger partial charge is 0.313 e. The second-order valence-corrected chi connectivity index (χ2v) is 4.38. The molecule has 1 saturated carbocycles. The van der Waals surface area contributed by atoms with E-state index in [0.717, 1.165) is 6.54 Å². The summed E-state index contributed by atoms with van der Waals surface area (Å²) in [5, 5.41) is 11.6. The summed E-state index contributed by atoms with van der Waals surface area (Å²) in [5.41, 5.74) is 1.28. The number of nitrogens with zero attached hydrogens (tertiary/aromatic N) is 3. The summed E-state index contributed by atoms with van der Waals surface area (Å²) in [4.78, 5) is 0. The van der Waals surface area contributed by atoms with E-state index in [2.05, 4.69) is 22.6 Å². The van der Waals surface area contributed by atoms with Crippen LogP contribution in [0.2, 0.25) is 0 Å². The van der Waals surface area contributed by atoms with E-state index < -0.39 is 0 Å². The van der Waals surface area contributed by atoms with Crippen LogP contribution in [0.25, 0.3) is 0 Å². The molecule has 2 rings (SSSR count). The predicted molar refractivity (Wildman–Crippen MR) is 59.7 cm³/mol. The van der Waals surface area contributed by atoms with Gasteiger partial charge in [0.25, 0.3) is 0 Å². The molecule has 4 heteroatoms. The average molecular weight is 208 g/mol. The Hall–Kier alpha value is -0.900. The quantitative estimate of drug-likeness (QED) is 0.814. The Bertz CT molecular complexity index is 307. The van der Waals surface area contributed by atoms with Crippen LogP contribution >= 0.6 is 0 Å². The minimum Gasteiger partial charge on any atom is -0.313 e. The first kappa shape index (κ1) is 10.6. The Labute approximate surface area is 91.1 Å². The molecule has 1 aliphatic rings. The summed E-state index contributed by atoms with van der Waals surface area (Å²) in [6, 6.07) is 0.627. The summed E-state index contributed by atoms with van der Waals surface area (Å²) < 4.78 is 1.91. The molecule has 1 N–H and O–H groups in total. The zero-order valence-electron chi connectivity index (χ0n) is 9.61. The van der Waals surface area contributed by atoms with Crippen molar-refractivity contribution >= 4 is 0 Å². The van der Waals surface area contributed by atoms with Gasteiger partial charge < -0.3 is 5.32 Å². The van der Waals surface area contributed by atoms with E-state index in [1.807, 2.05) is 17.9 Å². The smallest absolute Gasteiger partial charge is 0.0728 e. The zero-order valence-corrected chi connectivity index (χ0v) is 9.61. The lowest BCUT2D eigenvalue weighted by atomic mass is 10.00. The van der Waals surface area contributed by atoms with Crippen LogP contribution in [0.15, 0.2) is 6.20 Å². The molecule has 84 valence electrons. The van der Waals surface area contributed by atoms with Crippen molar-refractivity contribution in [2.45, 2.75) is 44.6 Å². The van der Waals surface area contributed by atoms with Gasteiger partial charge in [0, 0.05) is 19.0 Å². The van der Waals surface area contributed by atoms with Crippen LogP contribution in [0.5, 0.6) is 0 Å². The first-order valence-corrected chi connectivity index (χ1v) is 5.91. The van der Waals surface area contributed by atoms with Gasteiger partial charge >= 0.3 is 0 Å². The van der Waals surface area contributed by atoms with Gasteiger partial charge in [0.1, 0.15) is 0 Å². The molecule has 1 aromatic heterocycles. The minimum absolute atomic E-state index is 0.608. The van der Waals surface area contributed by atoms with Gasteiger partial charge in [-0.15, -0.1) is 5.10 Å². The Morgan fingerprint density at radius 1 is 1.53 bits per heavy atom. The van der Waals surface area contributed by atoms with Gasteiger partial charge in [0.05, 0.1) is 11.9 Å². The molecule has 2 unspecified atom stereocenters. The van der Waals surface area contributed by atoms with Gasteiger partial charge in [-0.1, -0.05) is 18.6 Å². The van der Waals surface area contributed by atoms with Crippen LogP contribution in [-0.2, 0) is 7.05 Å². The van der Waals surface area contributed by atoms with Crippen molar-refractivity contribution in [3.05, 3.63) is 11.9 Å². The Morgan fingerprint density at radius 3 is 3.07 bits per heavy atom. The molecule has 0 radical (unpaired) electrons. The third-order valence-corrected chi connectivity index (χ3v) is 3.30. The van der Waals surface area contributed by atoms with E-state index in [0.29, 0.717) is 12.0 Å². The molecule has 0 bridgehead atoms. The van der Waals surface area contributed by atoms with E-state index in [4.69, 9.17) is 0 Å². The highest BCUT2D eigenvalue weighted by molar-refractivity contribution is 5.09. The van der Waals surface area contributed by atoms with Crippen molar-refractivity contribution in [1.82, 2.24) is 20.3 Å². The molecule has 0 amide bonds. The van der Waals surface area contributed by atoms with Crippen molar-refractivity contribution < 1.29 is 0 Å². The number of nitrogens with one attached hydrogen (secondary N) is 1. The third-order valence-electron chi connectivity index (χ3n) is 3.30. The summed E-state index contributed by atoms with van der Waals surface area (Å²) in [5.74, 6) is 0.608. The van der Waals surface area contributed by atoms with Gasteiger partial charge in [0.2, 0.25) is 0 Å². The Balaban J connectivity index is 2.04. The van der Waals surface area contributed by atoms with Gasteiger partial charge in [-0.05, 0) is 25.8 Å². The van der Waals surface area contributed by atoms with Crippen LogP contribution in [0.4, 0.5) is 0 Å². The average Bonchev–Trinajstić information content (AvgIpc) is 2.82. The minimum atomic E-state index is 0.608. The van der Waals surface area contributed by atoms with E-state index in [1.165, 1.54) is 31.4 Å². The maximum absolute atomic E-state index is 4.01.